The van der Waals surface area contributed by atoms with E-state index in [4.69, 9.17) is 16.3 Å². The summed E-state index contributed by atoms with van der Waals surface area (Å²) in [6.07, 6.45) is 1.44. The highest BCUT2D eigenvalue weighted by molar-refractivity contribution is 14.1. The third-order valence-corrected chi connectivity index (χ3v) is 3.06. The van der Waals surface area contributed by atoms with Gasteiger partial charge < -0.3 is 9.30 Å². The van der Waals surface area contributed by atoms with Crippen molar-refractivity contribution in [2.45, 2.75) is 6.54 Å². The van der Waals surface area contributed by atoms with Crippen molar-refractivity contribution in [3.63, 3.8) is 0 Å². The third-order valence-electron chi connectivity index (χ3n) is 1.96. The van der Waals surface area contributed by atoms with Gasteiger partial charge in [0.2, 0.25) is 0 Å². The summed E-state index contributed by atoms with van der Waals surface area (Å²) in [6.45, 7) is 1.32. The molecule has 2 aromatic rings. The van der Waals surface area contributed by atoms with Gasteiger partial charge in [-0.3, -0.25) is 0 Å². The van der Waals surface area contributed by atoms with Crippen molar-refractivity contribution in [3.05, 3.63) is 15.3 Å². The zero-order valence-electron chi connectivity index (χ0n) is 7.94. The fourth-order valence-electron chi connectivity index (χ4n) is 1.26. The van der Waals surface area contributed by atoms with E-state index in [1.807, 2.05) is 4.57 Å². The number of halogens is 2. The highest BCUT2D eigenvalue weighted by Crippen LogP contribution is 2.20. The molecule has 0 saturated heterocycles. The van der Waals surface area contributed by atoms with Gasteiger partial charge in [0.15, 0.2) is 14.6 Å². The van der Waals surface area contributed by atoms with Crippen LogP contribution in [0.3, 0.4) is 0 Å². The van der Waals surface area contributed by atoms with Crippen LogP contribution in [0.2, 0.25) is 5.15 Å². The van der Waals surface area contributed by atoms with Crippen molar-refractivity contribution in [1.29, 1.82) is 0 Å². The molecule has 0 aromatic carbocycles. The first kappa shape index (κ1) is 11.0. The van der Waals surface area contributed by atoms with E-state index in [1.54, 1.807) is 7.11 Å². The maximum atomic E-state index is 5.91. The summed E-state index contributed by atoms with van der Waals surface area (Å²) < 4.78 is 7.81. The van der Waals surface area contributed by atoms with Gasteiger partial charge in [-0.2, -0.15) is 0 Å². The maximum absolute atomic E-state index is 5.91. The van der Waals surface area contributed by atoms with Gasteiger partial charge in [-0.1, -0.05) is 11.6 Å². The van der Waals surface area contributed by atoms with E-state index in [-0.39, 0.29) is 0 Å². The van der Waals surface area contributed by atoms with E-state index >= 15 is 0 Å². The maximum Gasteiger partial charge on any atom is 0.173 e. The standard InChI is InChI=1S/C8H8ClIN4O/c1-15-3-2-14-7-5(13-8(14)10)6(9)11-4-12-7/h4H,2-3H2,1H3. The van der Waals surface area contributed by atoms with Crippen LogP contribution in [0.15, 0.2) is 6.33 Å². The highest BCUT2D eigenvalue weighted by atomic mass is 127. The van der Waals surface area contributed by atoms with E-state index in [9.17, 15) is 0 Å². The Morgan fingerprint density at radius 1 is 1.53 bits per heavy atom. The Labute approximate surface area is 105 Å². The molecule has 0 spiro atoms. The van der Waals surface area contributed by atoms with Crippen LogP contribution in [0.25, 0.3) is 11.2 Å². The van der Waals surface area contributed by atoms with E-state index in [0.717, 1.165) is 9.48 Å². The normalized spacial score (nSPS) is 11.1. The van der Waals surface area contributed by atoms with Crippen molar-refractivity contribution in [2.24, 2.45) is 0 Å². The number of nitrogens with zero attached hydrogens (tertiary/aromatic N) is 4. The monoisotopic (exact) mass is 338 g/mol. The molecule has 2 heterocycles. The predicted molar refractivity (Wildman–Crippen MR) is 64.9 cm³/mol. The van der Waals surface area contributed by atoms with Gasteiger partial charge in [0, 0.05) is 36.2 Å². The number of fused-ring (bicyclic) bond motifs is 1. The second-order valence-corrected chi connectivity index (χ2v) is 4.18. The summed E-state index contributed by atoms with van der Waals surface area (Å²) in [5, 5.41) is 0.383. The van der Waals surface area contributed by atoms with Crippen molar-refractivity contribution in [3.8, 4) is 0 Å². The molecule has 0 aliphatic rings. The van der Waals surface area contributed by atoms with Gasteiger partial charge in [0.05, 0.1) is 6.61 Å². The fraction of sp³-hybridized carbons (Fsp3) is 0.375. The zero-order valence-corrected chi connectivity index (χ0v) is 10.9. The number of imidazole rings is 1. The molecule has 0 saturated carbocycles. The number of methoxy groups -OCH3 is 1. The summed E-state index contributed by atoms with van der Waals surface area (Å²) >= 11 is 8.05. The molecule has 0 fully saturated rings. The van der Waals surface area contributed by atoms with Gasteiger partial charge in [-0.05, 0) is 0 Å². The number of hydrogen-bond donors (Lipinski definition) is 0. The summed E-state index contributed by atoms with van der Waals surface area (Å²) in [5.41, 5.74) is 1.39. The van der Waals surface area contributed by atoms with Crippen LogP contribution in [0.1, 0.15) is 0 Å². The third kappa shape index (κ3) is 2.06. The Hall–Kier alpha value is -0.470. The summed E-state index contributed by atoms with van der Waals surface area (Å²) in [4.78, 5) is 12.3. The number of aromatic nitrogens is 4. The first-order chi connectivity index (χ1) is 7.24. The largest absolute Gasteiger partial charge is 0.383 e. The predicted octanol–water partition coefficient (Wildman–Crippen LogP) is 1.73. The molecule has 7 heteroatoms. The molecular formula is C8H8ClIN4O. The molecule has 0 amide bonds. The first-order valence-electron chi connectivity index (χ1n) is 4.25. The van der Waals surface area contributed by atoms with Crippen molar-refractivity contribution in [2.75, 3.05) is 13.7 Å². The molecular weight excluding hydrogens is 330 g/mol. The summed E-state index contributed by atoms with van der Waals surface area (Å²) in [5.74, 6) is 0. The summed E-state index contributed by atoms with van der Waals surface area (Å²) in [6, 6.07) is 0. The lowest BCUT2D eigenvalue weighted by molar-refractivity contribution is 0.187. The average molecular weight is 339 g/mol. The zero-order chi connectivity index (χ0) is 10.8. The van der Waals surface area contributed by atoms with Crippen molar-refractivity contribution < 1.29 is 4.74 Å². The molecule has 5 nitrogen and oxygen atoms in total. The van der Waals surface area contributed by atoms with Gasteiger partial charge in [-0.25, -0.2) is 15.0 Å². The van der Waals surface area contributed by atoms with Gasteiger partial charge >= 0.3 is 0 Å². The number of ether oxygens (including phenoxy) is 1. The Bertz CT molecular complexity index is 487. The highest BCUT2D eigenvalue weighted by Gasteiger charge is 2.12. The lowest BCUT2D eigenvalue weighted by Gasteiger charge is -2.03. The van der Waals surface area contributed by atoms with Gasteiger partial charge in [0.25, 0.3) is 0 Å². The van der Waals surface area contributed by atoms with Crippen LogP contribution >= 0.6 is 34.2 Å². The van der Waals surface area contributed by atoms with E-state index < -0.39 is 0 Å². The smallest absolute Gasteiger partial charge is 0.173 e. The molecule has 0 aliphatic carbocycles. The second-order valence-electron chi connectivity index (χ2n) is 2.86. The molecule has 0 unspecified atom stereocenters. The lowest BCUT2D eigenvalue weighted by Crippen LogP contribution is -2.06. The Morgan fingerprint density at radius 3 is 3.07 bits per heavy atom. The van der Waals surface area contributed by atoms with Gasteiger partial charge in [0.1, 0.15) is 11.8 Å². The van der Waals surface area contributed by atoms with Crippen LogP contribution in [0, 0.1) is 3.83 Å². The van der Waals surface area contributed by atoms with Crippen molar-refractivity contribution in [1.82, 2.24) is 19.5 Å². The van der Waals surface area contributed by atoms with E-state index in [0.29, 0.717) is 23.8 Å². The molecule has 0 bridgehead atoms. The molecule has 80 valence electrons. The topological polar surface area (TPSA) is 52.8 Å². The number of rotatable bonds is 3. The fourth-order valence-corrected chi connectivity index (χ4v) is 2.14. The van der Waals surface area contributed by atoms with Crippen LogP contribution in [0.4, 0.5) is 0 Å². The SMILES string of the molecule is COCCn1c(I)nc2c(Cl)ncnc21. The first-order valence-corrected chi connectivity index (χ1v) is 5.71. The minimum Gasteiger partial charge on any atom is -0.383 e. The van der Waals surface area contributed by atoms with Crippen LogP contribution < -0.4 is 0 Å². The van der Waals surface area contributed by atoms with Crippen LogP contribution in [-0.4, -0.2) is 33.2 Å². The minimum absolute atomic E-state index is 0.383. The van der Waals surface area contributed by atoms with E-state index in [2.05, 4.69) is 37.5 Å². The Kier molecular flexibility index (Phi) is 3.37. The van der Waals surface area contributed by atoms with E-state index in [1.165, 1.54) is 6.33 Å². The Balaban J connectivity index is 2.53. The minimum atomic E-state index is 0.383. The molecule has 15 heavy (non-hydrogen) atoms. The Morgan fingerprint density at radius 2 is 2.33 bits per heavy atom. The quantitative estimate of drug-likeness (QED) is 0.486. The van der Waals surface area contributed by atoms with Crippen molar-refractivity contribution >= 4 is 45.4 Å². The molecule has 0 N–H and O–H groups in total. The average Bonchev–Trinajstić information content (AvgIpc) is 2.54. The van der Waals surface area contributed by atoms with Crippen LogP contribution in [-0.2, 0) is 11.3 Å². The van der Waals surface area contributed by atoms with Gasteiger partial charge in [-0.15, -0.1) is 0 Å². The lowest BCUT2D eigenvalue weighted by atomic mass is 10.5. The molecule has 0 aliphatic heterocycles. The summed E-state index contributed by atoms with van der Waals surface area (Å²) in [7, 11) is 1.66. The number of hydrogen-bond acceptors (Lipinski definition) is 4. The van der Waals surface area contributed by atoms with Crippen LogP contribution in [0.5, 0.6) is 0 Å². The molecule has 0 radical (unpaired) electrons. The molecule has 2 aromatic heterocycles. The molecule has 0 atom stereocenters. The second kappa shape index (κ2) is 4.58. The molecule has 2 rings (SSSR count).